The second-order valence-corrected chi connectivity index (χ2v) is 10.6. The van der Waals surface area contributed by atoms with Gasteiger partial charge in [0.25, 0.3) is 0 Å². The fourth-order valence-corrected chi connectivity index (χ4v) is 7.53. The van der Waals surface area contributed by atoms with Crippen molar-refractivity contribution in [2.45, 2.75) is 101 Å². The highest BCUT2D eigenvalue weighted by molar-refractivity contribution is 5.76. The van der Waals surface area contributed by atoms with Crippen molar-refractivity contribution < 1.29 is 0 Å². The molecule has 1 aromatic carbocycles. The molecule has 6 rings (SSSR count). The van der Waals surface area contributed by atoms with Gasteiger partial charge in [-0.15, -0.1) is 0 Å². The molecule has 4 fully saturated rings. The van der Waals surface area contributed by atoms with Crippen molar-refractivity contribution >= 4 is 11.0 Å². The molecule has 162 valence electrons. The van der Waals surface area contributed by atoms with E-state index in [0.29, 0.717) is 12.0 Å². The Morgan fingerprint density at radius 1 is 0.933 bits per heavy atom. The van der Waals surface area contributed by atoms with Crippen LogP contribution in [0.5, 0.6) is 0 Å². The summed E-state index contributed by atoms with van der Waals surface area (Å²) >= 11 is 0. The van der Waals surface area contributed by atoms with E-state index in [0.717, 1.165) is 37.1 Å². The van der Waals surface area contributed by atoms with E-state index in [4.69, 9.17) is 4.98 Å². The number of benzene rings is 1. The van der Waals surface area contributed by atoms with Gasteiger partial charge in [0.15, 0.2) is 0 Å². The highest BCUT2D eigenvalue weighted by atomic mass is 15.3. The van der Waals surface area contributed by atoms with E-state index < -0.39 is 0 Å². The van der Waals surface area contributed by atoms with Gasteiger partial charge >= 0.3 is 0 Å². The smallest absolute Gasteiger partial charge is 0.114 e. The number of nitrogens with zero attached hydrogens (tertiary/aromatic N) is 3. The summed E-state index contributed by atoms with van der Waals surface area (Å²) in [5, 5.41) is 3.57. The summed E-state index contributed by atoms with van der Waals surface area (Å²) in [5.41, 5.74) is 2.57. The van der Waals surface area contributed by atoms with E-state index in [1.54, 1.807) is 0 Å². The molecule has 1 aliphatic carbocycles. The van der Waals surface area contributed by atoms with Gasteiger partial charge in [-0.05, 0) is 76.5 Å². The molecule has 2 aromatic rings. The van der Waals surface area contributed by atoms with E-state index >= 15 is 0 Å². The summed E-state index contributed by atoms with van der Waals surface area (Å²) in [7, 11) is 0. The minimum absolute atomic E-state index is 0.578. The molecule has 4 atom stereocenters. The number of piperidine rings is 1. The molecule has 2 bridgehead atoms. The number of aromatic nitrogens is 2. The number of hydrogen-bond acceptors (Lipinski definition) is 3. The molecule has 4 heterocycles. The molecule has 30 heavy (non-hydrogen) atoms. The first kappa shape index (κ1) is 19.3. The first-order valence-electron chi connectivity index (χ1n) is 12.7. The van der Waals surface area contributed by atoms with Crippen LogP contribution in [0.1, 0.15) is 88.9 Å². The average molecular weight is 407 g/mol. The molecule has 0 radical (unpaired) electrons. The molecule has 3 saturated heterocycles. The maximum Gasteiger partial charge on any atom is 0.114 e. The van der Waals surface area contributed by atoms with Gasteiger partial charge in [-0.1, -0.05) is 31.4 Å². The van der Waals surface area contributed by atoms with Crippen LogP contribution in [0.4, 0.5) is 0 Å². The Bertz CT molecular complexity index is 862. The lowest BCUT2D eigenvalue weighted by molar-refractivity contribution is 0.0334. The predicted octanol–water partition coefficient (Wildman–Crippen LogP) is 5.25. The molecule has 4 heteroatoms. The first-order valence-corrected chi connectivity index (χ1v) is 12.7. The topological polar surface area (TPSA) is 33.1 Å². The molecule has 1 saturated carbocycles. The zero-order valence-corrected chi connectivity index (χ0v) is 18.6. The highest BCUT2D eigenvalue weighted by Crippen LogP contribution is 2.46. The van der Waals surface area contributed by atoms with E-state index in [2.05, 4.69) is 46.0 Å². The van der Waals surface area contributed by atoms with Crippen LogP contribution in [0.3, 0.4) is 0 Å². The van der Waals surface area contributed by atoms with Crippen molar-refractivity contribution in [3.05, 3.63) is 30.1 Å². The number of nitrogens with one attached hydrogen (secondary N) is 1. The van der Waals surface area contributed by atoms with Gasteiger partial charge in [0.1, 0.15) is 5.82 Å². The molecule has 3 aliphatic heterocycles. The van der Waals surface area contributed by atoms with Gasteiger partial charge < -0.3 is 9.88 Å². The second-order valence-electron chi connectivity index (χ2n) is 10.6. The highest BCUT2D eigenvalue weighted by Gasteiger charge is 2.45. The third-order valence-corrected chi connectivity index (χ3v) is 8.98. The zero-order valence-electron chi connectivity index (χ0n) is 18.6. The average Bonchev–Trinajstić information content (AvgIpc) is 3.50. The lowest BCUT2D eigenvalue weighted by Crippen LogP contribution is -2.51. The monoisotopic (exact) mass is 406 g/mol. The number of fused-ring (bicyclic) bond motifs is 3. The molecule has 3 unspecified atom stereocenters. The van der Waals surface area contributed by atoms with Gasteiger partial charge in [-0.3, -0.25) is 4.90 Å². The van der Waals surface area contributed by atoms with Crippen molar-refractivity contribution in [2.24, 2.45) is 5.92 Å². The third-order valence-electron chi connectivity index (χ3n) is 8.98. The van der Waals surface area contributed by atoms with Crippen LogP contribution in [0, 0.1) is 5.92 Å². The molecular formula is C26H38N4. The summed E-state index contributed by atoms with van der Waals surface area (Å²) in [4.78, 5) is 8.17. The van der Waals surface area contributed by atoms with Crippen molar-refractivity contribution in [3.8, 4) is 0 Å². The minimum Gasteiger partial charge on any atom is -0.324 e. The zero-order chi connectivity index (χ0) is 20.1. The van der Waals surface area contributed by atoms with E-state index in [1.165, 1.54) is 81.1 Å². The van der Waals surface area contributed by atoms with Crippen molar-refractivity contribution in [1.82, 2.24) is 19.8 Å². The molecule has 1 aromatic heterocycles. The standard InChI is InChI=1S/C26H38N4/c1-18(19-7-3-2-4-8-19)29-21-11-12-22(29)16-23(15-21)30-25-10-6-5-9-24(25)28-26(30)20-13-14-27-17-20/h5-6,9-10,18-23,27H,2-4,7-8,11-17H2,1H3/t18-,20?,21?,22?,23?/m1/s1. The van der Waals surface area contributed by atoms with E-state index in [-0.39, 0.29) is 0 Å². The van der Waals surface area contributed by atoms with Crippen LogP contribution in [0.15, 0.2) is 24.3 Å². The summed E-state index contributed by atoms with van der Waals surface area (Å²) in [6.07, 6.45) is 14.0. The van der Waals surface area contributed by atoms with Crippen LogP contribution in [0.25, 0.3) is 11.0 Å². The summed E-state index contributed by atoms with van der Waals surface area (Å²) in [6, 6.07) is 11.8. The Morgan fingerprint density at radius 3 is 2.43 bits per heavy atom. The van der Waals surface area contributed by atoms with E-state index in [1.807, 2.05) is 0 Å². The Morgan fingerprint density at radius 2 is 1.70 bits per heavy atom. The van der Waals surface area contributed by atoms with E-state index in [9.17, 15) is 0 Å². The van der Waals surface area contributed by atoms with Gasteiger partial charge in [0.2, 0.25) is 0 Å². The maximum atomic E-state index is 5.18. The first-order chi connectivity index (χ1) is 14.8. The summed E-state index contributed by atoms with van der Waals surface area (Å²) in [5.74, 6) is 2.88. The van der Waals surface area contributed by atoms with Crippen LogP contribution < -0.4 is 5.32 Å². The quantitative estimate of drug-likeness (QED) is 0.753. The molecule has 0 spiro atoms. The summed E-state index contributed by atoms with van der Waals surface area (Å²) < 4.78 is 2.70. The Kier molecular flexibility index (Phi) is 5.11. The molecule has 0 amide bonds. The van der Waals surface area contributed by atoms with Gasteiger partial charge in [0, 0.05) is 36.6 Å². The van der Waals surface area contributed by atoms with Crippen LogP contribution in [-0.4, -0.2) is 45.7 Å². The second kappa shape index (κ2) is 7.94. The SMILES string of the molecule is C[C@H](C1CCCCC1)N1C2CCC1CC(n1c(C3CCNC3)nc3ccccc31)C2. The molecule has 4 nitrogen and oxygen atoms in total. The molecule has 4 aliphatic rings. The number of imidazole rings is 1. The van der Waals surface area contributed by atoms with Crippen LogP contribution in [-0.2, 0) is 0 Å². The predicted molar refractivity (Wildman–Crippen MR) is 123 cm³/mol. The maximum absolute atomic E-state index is 5.18. The lowest BCUT2D eigenvalue weighted by atomic mass is 9.82. The summed E-state index contributed by atoms with van der Waals surface area (Å²) in [6.45, 7) is 4.79. The number of rotatable bonds is 4. The fraction of sp³-hybridized carbons (Fsp3) is 0.731. The molecular weight excluding hydrogens is 368 g/mol. The van der Waals surface area contributed by atoms with Gasteiger partial charge in [-0.25, -0.2) is 4.98 Å². The normalized spacial score (nSPS) is 34.0. The van der Waals surface area contributed by atoms with Crippen molar-refractivity contribution in [2.75, 3.05) is 13.1 Å². The Balaban J connectivity index is 1.29. The fourth-order valence-electron chi connectivity index (χ4n) is 7.53. The number of hydrogen-bond donors (Lipinski definition) is 1. The Labute approximate surface area is 181 Å². The van der Waals surface area contributed by atoms with Crippen LogP contribution >= 0.6 is 0 Å². The minimum atomic E-state index is 0.578. The van der Waals surface area contributed by atoms with Crippen molar-refractivity contribution in [1.29, 1.82) is 0 Å². The van der Waals surface area contributed by atoms with Crippen LogP contribution in [0.2, 0.25) is 0 Å². The lowest BCUT2D eigenvalue weighted by Gasteiger charge is -2.46. The number of para-hydroxylation sites is 2. The molecule has 1 N–H and O–H groups in total. The van der Waals surface area contributed by atoms with Gasteiger partial charge in [0.05, 0.1) is 11.0 Å². The Hall–Kier alpha value is -1.39. The largest absolute Gasteiger partial charge is 0.324 e. The van der Waals surface area contributed by atoms with Gasteiger partial charge in [-0.2, -0.15) is 0 Å². The van der Waals surface area contributed by atoms with Crippen molar-refractivity contribution in [3.63, 3.8) is 0 Å². The third kappa shape index (κ3) is 3.22.